The van der Waals surface area contributed by atoms with Crippen molar-refractivity contribution in [2.24, 2.45) is 0 Å². The van der Waals surface area contributed by atoms with Crippen molar-refractivity contribution in [3.05, 3.63) is 0 Å². The van der Waals surface area contributed by atoms with E-state index in [1.165, 1.54) is 44.9 Å². The van der Waals surface area contributed by atoms with Gasteiger partial charge >= 0.3 is 0 Å². The smallest absolute Gasteiger partial charge is 0.222 e. The lowest BCUT2D eigenvalue weighted by Crippen LogP contribution is -2.32. The fourth-order valence-electron chi connectivity index (χ4n) is 2.27. The second kappa shape index (κ2) is 13.9. The number of carbonyl (C=O) groups excluding carboxylic acids is 1. The lowest BCUT2D eigenvalue weighted by Gasteiger charge is -2.22. The zero-order valence-electron chi connectivity index (χ0n) is 13.5. The molecule has 0 N–H and O–H groups in total. The molecule has 2 heteroatoms. The summed E-state index contributed by atoms with van der Waals surface area (Å²) in [6, 6.07) is 0. The summed E-state index contributed by atoms with van der Waals surface area (Å²) in [4.78, 5) is 14.3. The first-order chi connectivity index (χ1) is 9.26. The highest BCUT2D eigenvalue weighted by Gasteiger charge is 2.11. The minimum Gasteiger partial charge on any atom is -0.343 e. The van der Waals surface area contributed by atoms with Crippen LogP contribution in [0.25, 0.3) is 0 Å². The molecule has 0 heterocycles. The molecule has 0 aromatic rings. The standard InChI is InChI=1S/C17H35NO/c1-4-7-10-11-12-13-14-17(19)18(15-8-5-2)16-9-6-3/h4-16H2,1-3H3. The summed E-state index contributed by atoms with van der Waals surface area (Å²) in [7, 11) is 0. The second-order valence-corrected chi connectivity index (χ2v) is 5.61. The van der Waals surface area contributed by atoms with Crippen LogP contribution < -0.4 is 0 Å². The molecule has 0 radical (unpaired) electrons. The van der Waals surface area contributed by atoms with Crippen LogP contribution in [0.15, 0.2) is 0 Å². The molecular formula is C17H35NO. The van der Waals surface area contributed by atoms with Gasteiger partial charge < -0.3 is 4.90 Å². The summed E-state index contributed by atoms with van der Waals surface area (Å²) in [5.41, 5.74) is 0. The molecule has 0 saturated heterocycles. The van der Waals surface area contributed by atoms with E-state index >= 15 is 0 Å². The van der Waals surface area contributed by atoms with Gasteiger partial charge in [0.2, 0.25) is 5.91 Å². The predicted octanol–water partition coefficient (Wildman–Crippen LogP) is 5.17. The molecule has 19 heavy (non-hydrogen) atoms. The van der Waals surface area contributed by atoms with Crippen molar-refractivity contribution in [2.75, 3.05) is 13.1 Å². The molecule has 0 spiro atoms. The minimum atomic E-state index is 0.386. The van der Waals surface area contributed by atoms with Gasteiger partial charge in [-0.15, -0.1) is 0 Å². The average Bonchev–Trinajstić information content (AvgIpc) is 2.42. The van der Waals surface area contributed by atoms with Crippen LogP contribution >= 0.6 is 0 Å². The summed E-state index contributed by atoms with van der Waals surface area (Å²) < 4.78 is 0. The van der Waals surface area contributed by atoms with Crippen LogP contribution in [0.1, 0.15) is 91.4 Å². The fraction of sp³-hybridized carbons (Fsp3) is 0.941. The van der Waals surface area contributed by atoms with Gasteiger partial charge in [0.1, 0.15) is 0 Å². The molecule has 0 aliphatic rings. The zero-order chi connectivity index (χ0) is 14.3. The molecule has 114 valence electrons. The third kappa shape index (κ3) is 11.0. The normalized spacial score (nSPS) is 10.7. The SMILES string of the molecule is CCCCCCCCC(=O)N(CCCC)CCCC. The topological polar surface area (TPSA) is 20.3 Å². The van der Waals surface area contributed by atoms with E-state index < -0.39 is 0 Å². The van der Waals surface area contributed by atoms with Crippen molar-refractivity contribution in [3.63, 3.8) is 0 Å². The third-order valence-corrected chi connectivity index (χ3v) is 3.66. The molecule has 0 aromatic carbocycles. The van der Waals surface area contributed by atoms with Crippen molar-refractivity contribution in [1.29, 1.82) is 0 Å². The predicted molar refractivity (Wildman–Crippen MR) is 84.4 cm³/mol. The van der Waals surface area contributed by atoms with Crippen LogP contribution in [-0.4, -0.2) is 23.9 Å². The van der Waals surface area contributed by atoms with Crippen molar-refractivity contribution in [1.82, 2.24) is 4.90 Å². The van der Waals surface area contributed by atoms with Crippen LogP contribution in [0.5, 0.6) is 0 Å². The van der Waals surface area contributed by atoms with Crippen LogP contribution in [0, 0.1) is 0 Å². The van der Waals surface area contributed by atoms with Crippen LogP contribution in [0.3, 0.4) is 0 Å². The molecule has 0 unspecified atom stereocenters. The van der Waals surface area contributed by atoms with E-state index in [1.807, 2.05) is 0 Å². The molecule has 0 bridgehead atoms. The fourth-order valence-corrected chi connectivity index (χ4v) is 2.27. The van der Waals surface area contributed by atoms with E-state index in [0.29, 0.717) is 5.91 Å². The molecule has 0 aromatic heterocycles. The van der Waals surface area contributed by atoms with E-state index in [2.05, 4.69) is 25.7 Å². The lowest BCUT2D eigenvalue weighted by molar-refractivity contribution is -0.131. The van der Waals surface area contributed by atoms with Crippen molar-refractivity contribution in [2.45, 2.75) is 91.4 Å². The Morgan fingerprint density at radius 2 is 1.16 bits per heavy atom. The van der Waals surface area contributed by atoms with Crippen LogP contribution in [0.4, 0.5) is 0 Å². The van der Waals surface area contributed by atoms with Gasteiger partial charge in [0.05, 0.1) is 0 Å². The van der Waals surface area contributed by atoms with Gasteiger partial charge in [-0.3, -0.25) is 4.79 Å². The molecule has 0 aliphatic carbocycles. The Balaban J connectivity index is 3.76. The monoisotopic (exact) mass is 269 g/mol. The van der Waals surface area contributed by atoms with E-state index in [0.717, 1.165) is 38.8 Å². The van der Waals surface area contributed by atoms with Crippen molar-refractivity contribution in [3.8, 4) is 0 Å². The zero-order valence-corrected chi connectivity index (χ0v) is 13.5. The number of carbonyl (C=O) groups is 1. The maximum Gasteiger partial charge on any atom is 0.222 e. The number of nitrogens with zero attached hydrogens (tertiary/aromatic N) is 1. The number of amides is 1. The highest BCUT2D eigenvalue weighted by atomic mass is 16.2. The van der Waals surface area contributed by atoms with Crippen LogP contribution in [0.2, 0.25) is 0 Å². The number of hydrogen-bond donors (Lipinski definition) is 0. The second-order valence-electron chi connectivity index (χ2n) is 5.61. The summed E-state index contributed by atoms with van der Waals surface area (Å²) in [5, 5.41) is 0. The van der Waals surface area contributed by atoms with Crippen molar-refractivity contribution < 1.29 is 4.79 Å². The average molecular weight is 269 g/mol. The quantitative estimate of drug-likeness (QED) is 0.423. The van der Waals surface area contributed by atoms with Gasteiger partial charge in [-0.2, -0.15) is 0 Å². The Labute approximate surface area is 120 Å². The first-order valence-electron chi connectivity index (χ1n) is 8.54. The summed E-state index contributed by atoms with van der Waals surface area (Å²) in [6.45, 7) is 8.55. The maximum absolute atomic E-state index is 12.2. The van der Waals surface area contributed by atoms with Gasteiger partial charge in [0, 0.05) is 19.5 Å². The largest absolute Gasteiger partial charge is 0.343 e. The number of hydrogen-bond acceptors (Lipinski definition) is 1. The molecule has 0 rings (SSSR count). The van der Waals surface area contributed by atoms with E-state index in [1.54, 1.807) is 0 Å². The highest BCUT2D eigenvalue weighted by molar-refractivity contribution is 5.76. The maximum atomic E-state index is 12.2. The molecule has 2 nitrogen and oxygen atoms in total. The van der Waals surface area contributed by atoms with Crippen molar-refractivity contribution >= 4 is 5.91 Å². The molecule has 1 amide bonds. The Hall–Kier alpha value is -0.530. The van der Waals surface area contributed by atoms with E-state index in [9.17, 15) is 4.79 Å². The molecule has 0 fully saturated rings. The minimum absolute atomic E-state index is 0.386. The van der Waals surface area contributed by atoms with Gasteiger partial charge in [-0.1, -0.05) is 65.7 Å². The first-order valence-corrected chi connectivity index (χ1v) is 8.54. The molecule has 0 saturated carbocycles. The highest BCUT2D eigenvalue weighted by Crippen LogP contribution is 2.09. The lowest BCUT2D eigenvalue weighted by atomic mass is 10.1. The Morgan fingerprint density at radius 1 is 0.684 bits per heavy atom. The molecule has 0 aliphatic heterocycles. The number of unbranched alkanes of at least 4 members (excludes halogenated alkanes) is 7. The third-order valence-electron chi connectivity index (χ3n) is 3.66. The van der Waals surface area contributed by atoms with E-state index in [4.69, 9.17) is 0 Å². The van der Waals surface area contributed by atoms with Gasteiger partial charge in [-0.05, 0) is 19.3 Å². The summed E-state index contributed by atoms with van der Waals surface area (Å²) in [5.74, 6) is 0.386. The first kappa shape index (κ1) is 18.5. The molecule has 0 atom stereocenters. The number of rotatable bonds is 13. The Kier molecular flexibility index (Phi) is 13.5. The Morgan fingerprint density at radius 3 is 1.68 bits per heavy atom. The van der Waals surface area contributed by atoms with E-state index in [-0.39, 0.29) is 0 Å². The van der Waals surface area contributed by atoms with Crippen LogP contribution in [-0.2, 0) is 4.79 Å². The Bertz CT molecular complexity index is 195. The molecular weight excluding hydrogens is 234 g/mol. The van der Waals surface area contributed by atoms with Gasteiger partial charge in [-0.25, -0.2) is 0 Å². The van der Waals surface area contributed by atoms with Gasteiger partial charge in [0.15, 0.2) is 0 Å². The summed E-state index contributed by atoms with van der Waals surface area (Å²) in [6.07, 6.45) is 13.0. The van der Waals surface area contributed by atoms with Gasteiger partial charge in [0.25, 0.3) is 0 Å². The summed E-state index contributed by atoms with van der Waals surface area (Å²) >= 11 is 0.